The van der Waals surface area contributed by atoms with E-state index in [1.165, 1.54) is 6.20 Å². The lowest BCUT2D eigenvalue weighted by Gasteiger charge is -1.98. The topological polar surface area (TPSA) is 72.2 Å². The van der Waals surface area contributed by atoms with Gasteiger partial charge in [0.2, 0.25) is 5.95 Å². The van der Waals surface area contributed by atoms with Gasteiger partial charge in [0, 0.05) is 23.1 Å². The number of hydrogen-bond acceptors (Lipinski definition) is 4. The van der Waals surface area contributed by atoms with Crippen molar-refractivity contribution in [3.8, 4) is 0 Å². The third-order valence-corrected chi connectivity index (χ3v) is 2.91. The number of nitrogens with zero attached hydrogens (tertiary/aromatic N) is 4. The molecule has 3 aromatic rings. The molecule has 0 saturated carbocycles. The van der Waals surface area contributed by atoms with E-state index in [1.54, 1.807) is 35.1 Å². The molecule has 0 saturated heterocycles. The summed E-state index contributed by atoms with van der Waals surface area (Å²) in [7, 11) is 0. The van der Waals surface area contributed by atoms with E-state index in [0.29, 0.717) is 11.2 Å². The summed E-state index contributed by atoms with van der Waals surface area (Å²) in [6, 6.07) is 7.03. The van der Waals surface area contributed by atoms with Gasteiger partial charge in [0.15, 0.2) is 5.65 Å². The van der Waals surface area contributed by atoms with Crippen molar-refractivity contribution in [3.63, 3.8) is 0 Å². The van der Waals surface area contributed by atoms with Crippen LogP contribution in [0.15, 0.2) is 47.3 Å². The van der Waals surface area contributed by atoms with Gasteiger partial charge in [0.05, 0.1) is 5.56 Å². The lowest BCUT2D eigenvalue weighted by atomic mass is 10.3. The number of nitrogens with one attached hydrogen (secondary N) is 1. The van der Waals surface area contributed by atoms with Crippen molar-refractivity contribution in [2.45, 2.75) is 0 Å². The van der Waals surface area contributed by atoms with Crippen molar-refractivity contribution in [2.75, 3.05) is 5.32 Å². The fraction of sp³-hybridized carbons (Fsp3) is 0. The van der Waals surface area contributed by atoms with Crippen molar-refractivity contribution >= 4 is 45.8 Å². The third-order valence-electron chi connectivity index (χ3n) is 2.44. The number of hydrogen-bond donors (Lipinski definition) is 1. The number of pyridine rings is 2. The van der Waals surface area contributed by atoms with Crippen LogP contribution in [-0.2, 0) is 0 Å². The monoisotopic (exact) mass is 353 g/mol. The van der Waals surface area contributed by atoms with Gasteiger partial charge >= 0.3 is 0 Å². The predicted octanol–water partition coefficient (Wildman–Crippen LogP) is 2.56. The van der Waals surface area contributed by atoms with Crippen LogP contribution in [0.25, 0.3) is 5.65 Å². The van der Waals surface area contributed by atoms with E-state index >= 15 is 0 Å². The first-order chi connectivity index (χ1) is 9.22. The lowest BCUT2D eigenvalue weighted by molar-refractivity contribution is 0.102. The second-order valence-corrected chi connectivity index (χ2v) is 4.70. The highest BCUT2D eigenvalue weighted by Gasteiger charge is 2.09. The Morgan fingerprint density at radius 2 is 2.15 bits per heavy atom. The Bertz CT molecular complexity index is 746. The standard InChI is InChI=1S/C12H8BrN5O.ClH/c13-9-3-4-10-15-12(17-18(10)7-9)16-11(19)8-2-1-5-14-6-8;/h1-7H,(H,16,17,19);1H. The van der Waals surface area contributed by atoms with E-state index < -0.39 is 0 Å². The zero-order valence-corrected chi connectivity index (χ0v) is 12.4. The van der Waals surface area contributed by atoms with Crippen LogP contribution in [0.3, 0.4) is 0 Å². The van der Waals surface area contributed by atoms with E-state index in [-0.39, 0.29) is 24.3 Å². The van der Waals surface area contributed by atoms with Gasteiger partial charge in [-0.25, -0.2) is 4.52 Å². The molecule has 0 aliphatic heterocycles. The number of rotatable bonds is 2. The molecular weight excluding hydrogens is 346 g/mol. The highest BCUT2D eigenvalue weighted by atomic mass is 79.9. The molecule has 0 radical (unpaired) electrons. The fourth-order valence-corrected chi connectivity index (χ4v) is 1.91. The molecule has 3 aromatic heterocycles. The molecule has 0 fully saturated rings. The highest BCUT2D eigenvalue weighted by molar-refractivity contribution is 9.10. The molecular formula is C12H9BrClN5O. The number of anilines is 1. The van der Waals surface area contributed by atoms with Gasteiger partial charge in [-0.2, -0.15) is 4.98 Å². The summed E-state index contributed by atoms with van der Waals surface area (Å²) < 4.78 is 2.47. The van der Waals surface area contributed by atoms with Crippen molar-refractivity contribution in [2.24, 2.45) is 0 Å². The fourth-order valence-electron chi connectivity index (χ4n) is 1.58. The van der Waals surface area contributed by atoms with Gasteiger partial charge in [-0.3, -0.25) is 15.1 Å². The molecule has 1 amide bonds. The molecule has 0 atom stereocenters. The molecule has 3 rings (SSSR count). The Labute approximate surface area is 128 Å². The second kappa shape index (κ2) is 5.98. The van der Waals surface area contributed by atoms with Crippen LogP contribution in [0, 0.1) is 0 Å². The van der Waals surface area contributed by atoms with Crippen LogP contribution < -0.4 is 5.32 Å². The Kier molecular flexibility index (Phi) is 4.31. The largest absolute Gasteiger partial charge is 0.289 e. The second-order valence-electron chi connectivity index (χ2n) is 3.78. The van der Waals surface area contributed by atoms with Crippen LogP contribution in [0.1, 0.15) is 10.4 Å². The summed E-state index contributed by atoms with van der Waals surface area (Å²) in [4.78, 5) is 20.0. The van der Waals surface area contributed by atoms with E-state index in [9.17, 15) is 4.79 Å². The minimum Gasteiger partial charge on any atom is -0.289 e. The molecule has 0 aliphatic carbocycles. The SMILES string of the molecule is Cl.O=C(Nc1nc2ccc(Br)cn2n1)c1cccnc1. The summed E-state index contributed by atoms with van der Waals surface area (Å²) in [5, 5.41) is 6.79. The quantitative estimate of drug-likeness (QED) is 0.768. The van der Waals surface area contributed by atoms with Gasteiger partial charge in [0.25, 0.3) is 5.91 Å². The Morgan fingerprint density at radius 1 is 1.30 bits per heavy atom. The first-order valence-corrected chi connectivity index (χ1v) is 6.25. The molecule has 0 spiro atoms. The average molecular weight is 355 g/mol. The number of amides is 1. The van der Waals surface area contributed by atoms with Crippen LogP contribution in [0.4, 0.5) is 5.95 Å². The molecule has 20 heavy (non-hydrogen) atoms. The van der Waals surface area contributed by atoms with Crippen molar-refractivity contribution < 1.29 is 4.79 Å². The summed E-state index contributed by atoms with van der Waals surface area (Å²) in [5.74, 6) is -0.0324. The molecule has 6 nitrogen and oxygen atoms in total. The van der Waals surface area contributed by atoms with Crippen LogP contribution in [0.2, 0.25) is 0 Å². The Balaban J connectivity index is 0.00000147. The maximum atomic E-state index is 11.9. The molecule has 8 heteroatoms. The van der Waals surface area contributed by atoms with E-state index in [2.05, 4.69) is 36.3 Å². The number of aromatic nitrogens is 4. The van der Waals surface area contributed by atoms with E-state index in [0.717, 1.165) is 4.47 Å². The average Bonchev–Trinajstić information content (AvgIpc) is 2.81. The van der Waals surface area contributed by atoms with Crippen LogP contribution >= 0.6 is 28.3 Å². The molecule has 0 unspecified atom stereocenters. The first-order valence-electron chi connectivity index (χ1n) is 5.46. The van der Waals surface area contributed by atoms with E-state index in [4.69, 9.17) is 0 Å². The van der Waals surface area contributed by atoms with Crippen molar-refractivity contribution in [1.29, 1.82) is 0 Å². The normalized spacial score (nSPS) is 10.1. The van der Waals surface area contributed by atoms with Gasteiger partial charge < -0.3 is 0 Å². The highest BCUT2D eigenvalue weighted by Crippen LogP contribution is 2.12. The van der Waals surface area contributed by atoms with Crippen LogP contribution in [-0.4, -0.2) is 25.5 Å². The van der Waals surface area contributed by atoms with Crippen LogP contribution in [0.5, 0.6) is 0 Å². The third kappa shape index (κ3) is 2.94. The molecule has 102 valence electrons. The number of carbonyl (C=O) groups is 1. The zero-order valence-electron chi connectivity index (χ0n) is 10.0. The molecule has 0 aromatic carbocycles. The smallest absolute Gasteiger partial charge is 0.259 e. The maximum Gasteiger partial charge on any atom is 0.259 e. The van der Waals surface area contributed by atoms with Gasteiger partial charge in [-0.15, -0.1) is 17.5 Å². The molecule has 3 heterocycles. The lowest BCUT2D eigenvalue weighted by Crippen LogP contribution is -2.13. The summed E-state index contributed by atoms with van der Waals surface area (Å²) in [6.07, 6.45) is 4.86. The Hall–Kier alpha value is -1.99. The number of halogens is 2. The number of carbonyl (C=O) groups excluding carboxylic acids is 1. The molecule has 0 aliphatic rings. The molecule has 1 N–H and O–H groups in total. The summed E-state index contributed by atoms with van der Waals surface area (Å²) in [6.45, 7) is 0. The maximum absolute atomic E-state index is 11.9. The van der Waals surface area contributed by atoms with Gasteiger partial charge in [0.1, 0.15) is 0 Å². The summed E-state index contributed by atoms with van der Waals surface area (Å²) >= 11 is 3.35. The van der Waals surface area contributed by atoms with Crippen molar-refractivity contribution in [1.82, 2.24) is 19.6 Å². The zero-order chi connectivity index (χ0) is 13.2. The van der Waals surface area contributed by atoms with Gasteiger partial charge in [-0.05, 0) is 40.2 Å². The van der Waals surface area contributed by atoms with Gasteiger partial charge in [-0.1, -0.05) is 0 Å². The minimum atomic E-state index is -0.289. The minimum absolute atomic E-state index is 0. The Morgan fingerprint density at radius 3 is 2.90 bits per heavy atom. The predicted molar refractivity (Wildman–Crippen MR) is 80.1 cm³/mol. The first kappa shape index (κ1) is 14.4. The number of fused-ring (bicyclic) bond motifs is 1. The van der Waals surface area contributed by atoms with E-state index in [1.807, 2.05) is 6.07 Å². The molecule has 0 bridgehead atoms. The summed E-state index contributed by atoms with van der Waals surface area (Å²) in [5.41, 5.74) is 1.12. The van der Waals surface area contributed by atoms with Crippen molar-refractivity contribution in [3.05, 3.63) is 52.9 Å².